The summed E-state index contributed by atoms with van der Waals surface area (Å²) in [7, 11) is 1.59. The molecule has 6 nitrogen and oxygen atoms in total. The lowest BCUT2D eigenvalue weighted by Gasteiger charge is -2.37. The summed E-state index contributed by atoms with van der Waals surface area (Å²) in [5, 5.41) is 22.9. The minimum atomic E-state index is -1.37. The fourth-order valence-corrected chi connectivity index (χ4v) is 3.51. The predicted molar refractivity (Wildman–Crippen MR) is 105 cm³/mol. The van der Waals surface area contributed by atoms with Gasteiger partial charge in [-0.3, -0.25) is 9.69 Å². The van der Waals surface area contributed by atoms with E-state index in [1.54, 1.807) is 13.2 Å². The fourth-order valence-electron chi connectivity index (χ4n) is 3.51. The summed E-state index contributed by atoms with van der Waals surface area (Å²) in [4.78, 5) is 14.8. The van der Waals surface area contributed by atoms with Gasteiger partial charge >= 0.3 is 0 Å². The van der Waals surface area contributed by atoms with Crippen molar-refractivity contribution in [1.82, 2.24) is 10.2 Å². The lowest BCUT2D eigenvalue weighted by molar-refractivity contribution is -0.145. The minimum Gasteiger partial charge on any atom is -0.496 e. The molecule has 1 amide bonds. The summed E-state index contributed by atoms with van der Waals surface area (Å²) in [6, 6.07) is 17.2. The van der Waals surface area contributed by atoms with Crippen molar-refractivity contribution in [2.24, 2.45) is 0 Å². The van der Waals surface area contributed by atoms with Crippen molar-refractivity contribution in [2.45, 2.75) is 31.5 Å². The highest BCUT2D eigenvalue weighted by Crippen LogP contribution is 2.25. The van der Waals surface area contributed by atoms with Crippen LogP contribution in [0.1, 0.15) is 29.5 Å². The van der Waals surface area contributed by atoms with Crippen molar-refractivity contribution < 1.29 is 14.6 Å². The molecule has 2 aromatic carbocycles. The molecule has 28 heavy (non-hydrogen) atoms. The van der Waals surface area contributed by atoms with Crippen LogP contribution < -0.4 is 10.1 Å². The fraction of sp³-hybridized carbons (Fsp3) is 0.364. The molecule has 0 unspecified atom stereocenters. The van der Waals surface area contributed by atoms with E-state index in [2.05, 4.69) is 16.3 Å². The Bertz CT molecular complexity index is 867. The van der Waals surface area contributed by atoms with E-state index in [9.17, 15) is 15.2 Å². The molecule has 1 aliphatic rings. The number of piperidine rings is 1. The molecule has 1 heterocycles. The zero-order valence-electron chi connectivity index (χ0n) is 16.0. The smallest absolute Gasteiger partial charge is 0.252 e. The molecule has 3 rings (SSSR count). The van der Waals surface area contributed by atoms with Crippen molar-refractivity contribution in [3.63, 3.8) is 0 Å². The summed E-state index contributed by atoms with van der Waals surface area (Å²) < 4.78 is 5.29. The summed E-state index contributed by atoms with van der Waals surface area (Å²) in [6.07, 6.45) is 0.721. The monoisotopic (exact) mass is 379 g/mol. The largest absolute Gasteiger partial charge is 0.496 e. The SMILES string of the molecule is COc1ccccc1CNC(=O)C1(O)CCN(Cc2ccccc2C#N)CC1. The second-order valence-corrected chi connectivity index (χ2v) is 7.07. The number of nitrogens with one attached hydrogen (secondary N) is 1. The maximum absolute atomic E-state index is 12.6. The van der Waals surface area contributed by atoms with E-state index in [0.29, 0.717) is 50.3 Å². The van der Waals surface area contributed by atoms with Gasteiger partial charge in [0.05, 0.1) is 18.7 Å². The van der Waals surface area contributed by atoms with Crippen molar-refractivity contribution in [3.8, 4) is 11.8 Å². The molecule has 0 radical (unpaired) electrons. The highest BCUT2D eigenvalue weighted by Gasteiger charge is 2.39. The summed E-state index contributed by atoms with van der Waals surface area (Å²) >= 11 is 0. The molecule has 1 aliphatic heterocycles. The lowest BCUT2D eigenvalue weighted by atomic mass is 9.90. The maximum Gasteiger partial charge on any atom is 0.252 e. The van der Waals surface area contributed by atoms with Crippen LogP contribution in [0.25, 0.3) is 0 Å². The van der Waals surface area contributed by atoms with Crippen LogP contribution in [-0.2, 0) is 17.9 Å². The van der Waals surface area contributed by atoms with Crippen LogP contribution in [0.2, 0.25) is 0 Å². The molecule has 0 saturated carbocycles. The maximum atomic E-state index is 12.6. The van der Waals surface area contributed by atoms with E-state index in [-0.39, 0.29) is 5.91 Å². The quantitative estimate of drug-likeness (QED) is 0.804. The van der Waals surface area contributed by atoms with E-state index in [1.165, 1.54) is 0 Å². The first-order chi connectivity index (χ1) is 13.6. The first-order valence-electron chi connectivity index (χ1n) is 9.38. The highest BCUT2D eigenvalue weighted by molar-refractivity contribution is 5.85. The molecular weight excluding hydrogens is 354 g/mol. The molecule has 0 aromatic heterocycles. The number of para-hydroxylation sites is 1. The highest BCUT2D eigenvalue weighted by atomic mass is 16.5. The predicted octanol–water partition coefficient (Wildman–Crippen LogP) is 2.21. The third kappa shape index (κ3) is 4.50. The molecule has 0 aliphatic carbocycles. The van der Waals surface area contributed by atoms with Gasteiger partial charge in [-0.05, 0) is 30.5 Å². The average molecular weight is 379 g/mol. The van der Waals surface area contributed by atoms with E-state index in [0.717, 1.165) is 11.1 Å². The summed E-state index contributed by atoms with van der Waals surface area (Å²) in [5.74, 6) is 0.358. The molecule has 0 bridgehead atoms. The summed E-state index contributed by atoms with van der Waals surface area (Å²) in [6.45, 7) is 2.14. The second-order valence-electron chi connectivity index (χ2n) is 7.07. The lowest BCUT2D eigenvalue weighted by Crippen LogP contribution is -2.53. The van der Waals surface area contributed by atoms with E-state index in [1.807, 2.05) is 42.5 Å². The Balaban J connectivity index is 1.55. The molecule has 2 N–H and O–H groups in total. The normalized spacial score (nSPS) is 16.2. The number of rotatable bonds is 6. The molecule has 0 atom stereocenters. The molecule has 146 valence electrons. The van der Waals surface area contributed by atoms with Gasteiger partial charge in [-0.1, -0.05) is 36.4 Å². The number of amides is 1. The van der Waals surface area contributed by atoms with Gasteiger partial charge in [0.15, 0.2) is 0 Å². The van der Waals surface area contributed by atoms with E-state index >= 15 is 0 Å². The number of carbonyl (C=O) groups is 1. The Hall–Kier alpha value is -2.88. The van der Waals surface area contributed by atoms with E-state index in [4.69, 9.17) is 4.74 Å². The van der Waals surface area contributed by atoms with Gasteiger partial charge in [0.1, 0.15) is 11.4 Å². The Morgan fingerprint density at radius 1 is 1.18 bits per heavy atom. The number of benzene rings is 2. The van der Waals surface area contributed by atoms with Crippen LogP contribution in [0.5, 0.6) is 5.75 Å². The number of hydrogen-bond donors (Lipinski definition) is 2. The molecular formula is C22H25N3O3. The standard InChI is InChI=1S/C22H25N3O3/c1-28-20-9-5-4-7-18(20)15-24-21(26)22(27)10-12-25(13-11-22)16-19-8-3-2-6-17(19)14-23/h2-9,27H,10-13,15-16H2,1H3,(H,24,26). The zero-order valence-corrected chi connectivity index (χ0v) is 16.0. The number of ether oxygens (including phenoxy) is 1. The summed E-state index contributed by atoms with van der Waals surface area (Å²) in [5.41, 5.74) is 1.13. The van der Waals surface area contributed by atoms with E-state index < -0.39 is 5.60 Å². The minimum absolute atomic E-state index is 0.310. The van der Waals surface area contributed by atoms with Crippen molar-refractivity contribution in [2.75, 3.05) is 20.2 Å². The number of nitriles is 1. The Morgan fingerprint density at radius 3 is 2.50 bits per heavy atom. The van der Waals surface area contributed by atoms with Crippen molar-refractivity contribution >= 4 is 5.91 Å². The first kappa shape index (κ1) is 19.9. The molecule has 0 spiro atoms. The second kappa shape index (κ2) is 8.87. The topological polar surface area (TPSA) is 85.6 Å². The Labute approximate surface area is 165 Å². The van der Waals surface area contributed by atoms with Crippen LogP contribution in [0.15, 0.2) is 48.5 Å². The molecule has 6 heteroatoms. The average Bonchev–Trinajstić information content (AvgIpc) is 2.74. The van der Waals surface area contributed by atoms with Crippen LogP contribution in [0, 0.1) is 11.3 Å². The van der Waals surface area contributed by atoms with Crippen LogP contribution >= 0.6 is 0 Å². The van der Waals surface area contributed by atoms with Gasteiger partial charge in [0.2, 0.25) is 0 Å². The third-order valence-electron chi connectivity index (χ3n) is 5.27. The van der Waals surface area contributed by atoms with Crippen LogP contribution in [-0.4, -0.2) is 41.7 Å². The van der Waals surface area contributed by atoms with Gasteiger partial charge in [-0.2, -0.15) is 5.26 Å². The number of aliphatic hydroxyl groups is 1. The molecule has 2 aromatic rings. The van der Waals surface area contributed by atoms with Crippen LogP contribution in [0.3, 0.4) is 0 Å². The van der Waals surface area contributed by atoms with Gasteiger partial charge in [-0.15, -0.1) is 0 Å². The number of carbonyl (C=O) groups excluding carboxylic acids is 1. The van der Waals surface area contributed by atoms with Crippen molar-refractivity contribution in [3.05, 3.63) is 65.2 Å². The van der Waals surface area contributed by atoms with Gasteiger partial charge in [0.25, 0.3) is 5.91 Å². The first-order valence-corrected chi connectivity index (χ1v) is 9.38. The van der Waals surface area contributed by atoms with Gasteiger partial charge in [-0.25, -0.2) is 0 Å². The number of methoxy groups -OCH3 is 1. The zero-order chi connectivity index (χ0) is 20.0. The Kier molecular flexibility index (Phi) is 6.30. The number of hydrogen-bond acceptors (Lipinski definition) is 5. The van der Waals surface area contributed by atoms with Crippen LogP contribution in [0.4, 0.5) is 0 Å². The number of likely N-dealkylation sites (tertiary alicyclic amines) is 1. The Morgan fingerprint density at radius 2 is 1.82 bits per heavy atom. The van der Waals surface area contributed by atoms with Gasteiger partial charge in [0, 0.05) is 31.7 Å². The van der Waals surface area contributed by atoms with Crippen molar-refractivity contribution in [1.29, 1.82) is 5.26 Å². The molecule has 1 fully saturated rings. The molecule has 1 saturated heterocycles. The number of nitrogens with zero attached hydrogens (tertiary/aromatic N) is 2. The third-order valence-corrected chi connectivity index (χ3v) is 5.27. The van der Waals surface area contributed by atoms with Gasteiger partial charge < -0.3 is 15.2 Å².